The summed E-state index contributed by atoms with van der Waals surface area (Å²) >= 11 is 0. The van der Waals surface area contributed by atoms with E-state index in [4.69, 9.17) is 4.74 Å². The van der Waals surface area contributed by atoms with Gasteiger partial charge in [-0.15, -0.1) is 0 Å². The minimum absolute atomic E-state index is 0.180. The molecule has 90 valence electrons. The Kier molecular flexibility index (Phi) is 5.24. The lowest BCUT2D eigenvalue weighted by atomic mass is 9.91. The Hall–Kier alpha value is -0.610. The van der Waals surface area contributed by atoms with Crippen LogP contribution >= 0.6 is 0 Å². The molecular weight excluding hydrogens is 194 g/mol. The highest BCUT2D eigenvalue weighted by molar-refractivity contribution is 5.78. The zero-order valence-corrected chi connectivity index (χ0v) is 10.4. The molecular formula is C11H23NO3. The molecule has 0 aromatic rings. The topological polar surface area (TPSA) is 58.6 Å². The van der Waals surface area contributed by atoms with Gasteiger partial charge in [0, 0.05) is 19.3 Å². The van der Waals surface area contributed by atoms with Crippen molar-refractivity contribution in [2.75, 3.05) is 13.7 Å². The van der Waals surface area contributed by atoms with Crippen molar-refractivity contribution in [2.24, 2.45) is 0 Å². The van der Waals surface area contributed by atoms with E-state index in [-0.39, 0.29) is 5.54 Å². The van der Waals surface area contributed by atoms with Gasteiger partial charge in [-0.3, -0.25) is 10.1 Å². The fourth-order valence-electron chi connectivity index (χ4n) is 1.36. The molecule has 0 aliphatic heterocycles. The quantitative estimate of drug-likeness (QED) is 0.680. The summed E-state index contributed by atoms with van der Waals surface area (Å²) in [5.41, 5.74) is -1.10. The maximum atomic E-state index is 11.2. The number of carboxylic acids is 1. The third-order valence-corrected chi connectivity index (χ3v) is 2.78. The van der Waals surface area contributed by atoms with Crippen molar-refractivity contribution in [3.05, 3.63) is 0 Å². The second-order valence-electron chi connectivity index (χ2n) is 4.74. The molecule has 0 amide bonds. The maximum absolute atomic E-state index is 11.2. The largest absolute Gasteiger partial charge is 0.480 e. The highest BCUT2D eigenvalue weighted by Crippen LogP contribution is 2.18. The van der Waals surface area contributed by atoms with Gasteiger partial charge in [0.15, 0.2) is 0 Å². The highest BCUT2D eigenvalue weighted by Gasteiger charge is 2.36. The van der Waals surface area contributed by atoms with Gasteiger partial charge in [-0.05, 0) is 33.6 Å². The maximum Gasteiger partial charge on any atom is 0.323 e. The molecule has 4 heteroatoms. The minimum atomic E-state index is -0.921. The lowest BCUT2D eigenvalue weighted by Crippen LogP contribution is -2.58. The predicted molar refractivity (Wildman–Crippen MR) is 60.0 cm³/mol. The van der Waals surface area contributed by atoms with Gasteiger partial charge in [0.1, 0.15) is 5.54 Å². The summed E-state index contributed by atoms with van der Waals surface area (Å²) in [5.74, 6) is -0.832. The second-order valence-corrected chi connectivity index (χ2v) is 4.74. The number of nitrogens with one attached hydrogen (secondary N) is 1. The molecule has 1 unspecified atom stereocenters. The number of rotatable bonds is 7. The van der Waals surface area contributed by atoms with Crippen molar-refractivity contribution in [2.45, 2.75) is 51.6 Å². The van der Waals surface area contributed by atoms with Crippen LogP contribution in [0.5, 0.6) is 0 Å². The summed E-state index contributed by atoms with van der Waals surface area (Å²) in [6.07, 6.45) is 1.34. The Bertz CT molecular complexity index is 216. The predicted octanol–water partition coefficient (Wildman–Crippen LogP) is 1.64. The molecule has 0 aromatic carbocycles. The van der Waals surface area contributed by atoms with E-state index >= 15 is 0 Å². The number of carbonyl (C=O) groups is 1. The molecule has 0 aliphatic carbocycles. The first-order valence-corrected chi connectivity index (χ1v) is 5.29. The molecule has 15 heavy (non-hydrogen) atoms. The molecule has 0 heterocycles. The van der Waals surface area contributed by atoms with Gasteiger partial charge in [-0.25, -0.2) is 0 Å². The lowest BCUT2D eigenvalue weighted by Gasteiger charge is -2.36. The molecule has 0 saturated carbocycles. The summed E-state index contributed by atoms with van der Waals surface area (Å²) in [7, 11) is 1.58. The summed E-state index contributed by atoms with van der Waals surface area (Å²) in [6.45, 7) is 8.18. The fraction of sp³-hybridized carbons (Fsp3) is 0.909. The van der Waals surface area contributed by atoms with Crippen LogP contribution in [0.1, 0.15) is 40.5 Å². The SMILES string of the molecule is CCC(C)(C)NC(C)(CCOC)C(=O)O. The van der Waals surface area contributed by atoms with Crippen LogP contribution in [0.2, 0.25) is 0 Å². The smallest absolute Gasteiger partial charge is 0.323 e. The van der Waals surface area contributed by atoms with Gasteiger partial charge in [0.25, 0.3) is 0 Å². The third kappa shape index (κ3) is 4.62. The Morgan fingerprint density at radius 2 is 1.93 bits per heavy atom. The summed E-state index contributed by atoms with van der Waals surface area (Å²) in [4.78, 5) is 11.2. The molecule has 0 saturated heterocycles. The molecule has 0 bridgehead atoms. The van der Waals surface area contributed by atoms with Crippen LogP contribution in [0.25, 0.3) is 0 Å². The van der Waals surface area contributed by atoms with E-state index in [1.165, 1.54) is 0 Å². The van der Waals surface area contributed by atoms with Gasteiger partial charge in [-0.2, -0.15) is 0 Å². The van der Waals surface area contributed by atoms with Crippen LogP contribution in [-0.2, 0) is 9.53 Å². The number of methoxy groups -OCH3 is 1. The standard InChI is InChI=1S/C11H23NO3/c1-6-10(2,3)12-11(4,9(13)14)7-8-15-5/h12H,6-8H2,1-5H3,(H,13,14). The monoisotopic (exact) mass is 217 g/mol. The first-order chi connectivity index (χ1) is 6.77. The van der Waals surface area contributed by atoms with Gasteiger partial charge in [0.2, 0.25) is 0 Å². The van der Waals surface area contributed by atoms with E-state index in [1.54, 1.807) is 14.0 Å². The average Bonchev–Trinajstić information content (AvgIpc) is 2.14. The number of aliphatic carboxylic acids is 1. The van der Waals surface area contributed by atoms with Crippen LogP contribution in [0, 0.1) is 0 Å². The van der Waals surface area contributed by atoms with Crippen molar-refractivity contribution in [3.8, 4) is 0 Å². The van der Waals surface area contributed by atoms with Gasteiger partial charge in [0.05, 0.1) is 0 Å². The minimum Gasteiger partial charge on any atom is -0.480 e. The Morgan fingerprint density at radius 3 is 2.27 bits per heavy atom. The zero-order valence-electron chi connectivity index (χ0n) is 10.4. The van der Waals surface area contributed by atoms with Crippen LogP contribution < -0.4 is 5.32 Å². The van der Waals surface area contributed by atoms with Crippen molar-refractivity contribution in [1.82, 2.24) is 5.32 Å². The van der Waals surface area contributed by atoms with Crippen LogP contribution in [-0.4, -0.2) is 35.9 Å². The Morgan fingerprint density at radius 1 is 1.40 bits per heavy atom. The van der Waals surface area contributed by atoms with Gasteiger partial charge in [-0.1, -0.05) is 6.92 Å². The Balaban J connectivity index is 4.58. The Labute approximate surface area is 92.0 Å². The first-order valence-electron chi connectivity index (χ1n) is 5.29. The number of hydrogen-bond donors (Lipinski definition) is 2. The van der Waals surface area contributed by atoms with Gasteiger partial charge >= 0.3 is 5.97 Å². The molecule has 0 aromatic heterocycles. The van der Waals surface area contributed by atoms with Crippen molar-refractivity contribution in [1.29, 1.82) is 0 Å². The van der Waals surface area contributed by atoms with E-state index < -0.39 is 11.5 Å². The molecule has 0 aliphatic rings. The second kappa shape index (κ2) is 5.47. The lowest BCUT2D eigenvalue weighted by molar-refractivity contribution is -0.146. The highest BCUT2D eigenvalue weighted by atomic mass is 16.5. The summed E-state index contributed by atoms with van der Waals surface area (Å²) < 4.78 is 4.93. The van der Waals surface area contributed by atoms with E-state index in [2.05, 4.69) is 5.32 Å². The molecule has 0 fully saturated rings. The molecule has 0 radical (unpaired) electrons. The van der Waals surface area contributed by atoms with Crippen molar-refractivity contribution < 1.29 is 14.6 Å². The molecule has 4 nitrogen and oxygen atoms in total. The van der Waals surface area contributed by atoms with Crippen molar-refractivity contribution >= 4 is 5.97 Å². The zero-order chi connectivity index (χ0) is 12.1. The number of carboxylic acid groups (broad SMARTS) is 1. The number of ether oxygens (including phenoxy) is 1. The van der Waals surface area contributed by atoms with Crippen LogP contribution in [0.15, 0.2) is 0 Å². The van der Waals surface area contributed by atoms with Crippen LogP contribution in [0.4, 0.5) is 0 Å². The first kappa shape index (κ1) is 14.4. The molecule has 2 N–H and O–H groups in total. The molecule has 0 rings (SSSR count). The van der Waals surface area contributed by atoms with Crippen molar-refractivity contribution in [3.63, 3.8) is 0 Å². The third-order valence-electron chi connectivity index (χ3n) is 2.78. The average molecular weight is 217 g/mol. The summed E-state index contributed by atoms with van der Waals surface area (Å²) in [5, 5.41) is 12.4. The van der Waals surface area contributed by atoms with Gasteiger partial charge < -0.3 is 9.84 Å². The van der Waals surface area contributed by atoms with Crippen LogP contribution in [0.3, 0.4) is 0 Å². The van der Waals surface area contributed by atoms with E-state index in [1.807, 2.05) is 20.8 Å². The number of hydrogen-bond acceptors (Lipinski definition) is 3. The van der Waals surface area contributed by atoms with E-state index in [0.29, 0.717) is 13.0 Å². The fourth-order valence-corrected chi connectivity index (χ4v) is 1.36. The normalized spacial score (nSPS) is 16.1. The van der Waals surface area contributed by atoms with E-state index in [0.717, 1.165) is 6.42 Å². The molecule has 0 spiro atoms. The van der Waals surface area contributed by atoms with E-state index in [9.17, 15) is 9.90 Å². The molecule has 1 atom stereocenters. The summed E-state index contributed by atoms with van der Waals surface area (Å²) in [6, 6.07) is 0.